The van der Waals surface area contributed by atoms with Crippen LogP contribution in [0.3, 0.4) is 0 Å². The van der Waals surface area contributed by atoms with Gasteiger partial charge >= 0.3 is 0 Å². The highest BCUT2D eigenvalue weighted by molar-refractivity contribution is 6.08. The van der Waals surface area contributed by atoms with E-state index in [0.717, 1.165) is 29.6 Å². The number of methoxy groups -OCH3 is 1. The number of carbonyl (C=O) groups excluding carboxylic acids is 1. The molecule has 1 aromatic carbocycles. The molecule has 1 aromatic rings. The normalized spacial score (nSPS) is 19.4. The van der Waals surface area contributed by atoms with Gasteiger partial charge in [0.05, 0.1) is 0 Å². The zero-order valence-corrected chi connectivity index (χ0v) is 17.0. The average molecular weight is 364 g/mol. The minimum atomic E-state index is -0.437. The Labute approximate surface area is 162 Å². The van der Waals surface area contributed by atoms with Gasteiger partial charge in [-0.05, 0) is 52.2 Å². The van der Waals surface area contributed by atoms with E-state index in [4.69, 9.17) is 10.5 Å². The van der Waals surface area contributed by atoms with Crippen molar-refractivity contribution in [1.29, 1.82) is 0 Å². The lowest BCUT2D eigenvalue weighted by Crippen LogP contribution is -2.23. The van der Waals surface area contributed by atoms with Crippen LogP contribution in [0.1, 0.15) is 56.4 Å². The van der Waals surface area contributed by atoms with Crippen LogP contribution in [0, 0.1) is 0 Å². The fraction of sp³-hybridized carbons (Fsp3) is 0.375. The molecule has 0 aromatic heterocycles. The van der Waals surface area contributed by atoms with Crippen LogP contribution in [0.15, 0.2) is 47.6 Å². The number of primary amides is 1. The van der Waals surface area contributed by atoms with Gasteiger partial charge in [0.15, 0.2) is 0 Å². The molecule has 27 heavy (non-hydrogen) atoms. The summed E-state index contributed by atoms with van der Waals surface area (Å²) in [5, 5.41) is 0. The molecule has 1 amide bonds. The van der Waals surface area contributed by atoms with Crippen LogP contribution in [-0.4, -0.2) is 19.1 Å². The van der Waals surface area contributed by atoms with Crippen molar-refractivity contribution in [2.45, 2.75) is 52.1 Å². The van der Waals surface area contributed by atoms with Gasteiger partial charge in [0.25, 0.3) is 0 Å². The molecular formula is C24H29NO2. The molecule has 0 aliphatic heterocycles. The second-order valence-corrected chi connectivity index (χ2v) is 8.37. The van der Waals surface area contributed by atoms with Gasteiger partial charge in [-0.25, -0.2) is 0 Å². The molecule has 0 saturated heterocycles. The van der Waals surface area contributed by atoms with E-state index in [0.29, 0.717) is 5.57 Å². The van der Waals surface area contributed by atoms with E-state index in [2.05, 4.69) is 52.5 Å². The Bertz CT molecular complexity index is 907. The molecular weight excluding hydrogens is 334 g/mol. The number of hydrogen-bond donors (Lipinski definition) is 1. The zero-order chi connectivity index (χ0) is 19.9. The summed E-state index contributed by atoms with van der Waals surface area (Å²) in [4.78, 5) is 12.2. The van der Waals surface area contributed by atoms with E-state index >= 15 is 0 Å². The van der Waals surface area contributed by atoms with E-state index in [1.54, 1.807) is 13.2 Å². The predicted octanol–water partition coefficient (Wildman–Crippen LogP) is 4.71. The summed E-state index contributed by atoms with van der Waals surface area (Å²) in [7, 11) is 1.65. The summed E-state index contributed by atoms with van der Waals surface area (Å²) in [6, 6.07) is 4.49. The predicted molar refractivity (Wildman–Crippen MR) is 112 cm³/mol. The standard InChI is InChI=1S/C24H29NO2/c1-7-15-10-16-12-17(24(3,4)5)13-20(19(16)11-15)22-14(2)21(27-6)9-8-18(22)23(25)26/h8-10,12-13,21H,2,7,11H2,1,3-6H3,(H2,25,26). The van der Waals surface area contributed by atoms with Crippen LogP contribution in [-0.2, 0) is 21.4 Å². The minimum Gasteiger partial charge on any atom is -0.373 e. The van der Waals surface area contributed by atoms with Crippen molar-refractivity contribution in [2.24, 2.45) is 5.73 Å². The van der Waals surface area contributed by atoms with Crippen LogP contribution in [0.25, 0.3) is 11.6 Å². The third-order valence-corrected chi connectivity index (χ3v) is 5.53. The molecule has 2 aliphatic carbocycles. The van der Waals surface area contributed by atoms with Crippen molar-refractivity contribution >= 4 is 17.6 Å². The largest absolute Gasteiger partial charge is 0.373 e. The number of allylic oxidation sites excluding steroid dienone is 1. The highest BCUT2D eigenvalue weighted by Gasteiger charge is 2.29. The Kier molecular flexibility index (Phi) is 5.00. The van der Waals surface area contributed by atoms with E-state index in [1.165, 1.54) is 22.3 Å². The van der Waals surface area contributed by atoms with Crippen molar-refractivity contribution in [2.75, 3.05) is 7.11 Å². The molecule has 2 N–H and O–H groups in total. The average Bonchev–Trinajstić information content (AvgIpc) is 3.03. The first-order valence-corrected chi connectivity index (χ1v) is 9.48. The monoisotopic (exact) mass is 363 g/mol. The lowest BCUT2D eigenvalue weighted by Gasteiger charge is -2.28. The molecule has 0 spiro atoms. The Morgan fingerprint density at radius 1 is 1.33 bits per heavy atom. The smallest absolute Gasteiger partial charge is 0.249 e. The fourth-order valence-corrected chi connectivity index (χ4v) is 3.84. The summed E-state index contributed by atoms with van der Waals surface area (Å²) < 4.78 is 5.56. The SMILES string of the molecule is C=C1C(c2cc(C(C)(C)C)cc3c2CC(CC)=C3)=C(C(N)=O)C=CC1OC. The highest BCUT2D eigenvalue weighted by atomic mass is 16.5. The van der Waals surface area contributed by atoms with Gasteiger partial charge in [-0.3, -0.25) is 4.79 Å². The van der Waals surface area contributed by atoms with Crippen LogP contribution in [0.4, 0.5) is 0 Å². The number of amides is 1. The summed E-state index contributed by atoms with van der Waals surface area (Å²) in [5.74, 6) is -0.437. The van der Waals surface area contributed by atoms with E-state index in [-0.39, 0.29) is 11.5 Å². The highest BCUT2D eigenvalue weighted by Crippen LogP contribution is 2.42. The van der Waals surface area contributed by atoms with Gasteiger partial charge in [0, 0.05) is 18.3 Å². The van der Waals surface area contributed by atoms with Crippen molar-refractivity contribution in [3.63, 3.8) is 0 Å². The van der Waals surface area contributed by atoms with E-state index in [9.17, 15) is 4.79 Å². The molecule has 3 rings (SSSR count). The first-order valence-electron chi connectivity index (χ1n) is 9.48. The maximum Gasteiger partial charge on any atom is 0.249 e. The number of fused-ring (bicyclic) bond motifs is 1. The molecule has 0 radical (unpaired) electrons. The summed E-state index contributed by atoms with van der Waals surface area (Å²) in [6.45, 7) is 13.0. The maximum absolute atomic E-state index is 12.2. The van der Waals surface area contributed by atoms with Crippen LogP contribution in [0.5, 0.6) is 0 Å². The number of benzene rings is 1. The van der Waals surface area contributed by atoms with Gasteiger partial charge in [-0.2, -0.15) is 0 Å². The van der Waals surface area contributed by atoms with E-state index < -0.39 is 5.91 Å². The Hall–Kier alpha value is -2.39. The molecule has 2 aliphatic rings. The molecule has 0 heterocycles. The molecule has 1 atom stereocenters. The fourth-order valence-electron chi connectivity index (χ4n) is 3.84. The van der Waals surface area contributed by atoms with Crippen molar-refractivity contribution in [3.05, 3.63) is 69.8 Å². The molecule has 142 valence electrons. The van der Waals surface area contributed by atoms with Gasteiger partial charge in [-0.1, -0.05) is 64.1 Å². The second kappa shape index (κ2) is 6.97. The van der Waals surface area contributed by atoms with Crippen LogP contribution >= 0.6 is 0 Å². The zero-order valence-electron chi connectivity index (χ0n) is 17.0. The van der Waals surface area contributed by atoms with Crippen molar-refractivity contribution < 1.29 is 9.53 Å². The van der Waals surface area contributed by atoms with Crippen LogP contribution < -0.4 is 5.73 Å². The quantitative estimate of drug-likeness (QED) is 0.842. The van der Waals surface area contributed by atoms with E-state index in [1.807, 2.05) is 6.08 Å². The van der Waals surface area contributed by atoms with Gasteiger partial charge < -0.3 is 10.5 Å². The number of nitrogens with two attached hydrogens (primary N) is 1. The van der Waals surface area contributed by atoms with Crippen LogP contribution in [0.2, 0.25) is 0 Å². The first-order chi connectivity index (χ1) is 12.7. The second-order valence-electron chi connectivity index (χ2n) is 8.37. The minimum absolute atomic E-state index is 0.00741. The van der Waals surface area contributed by atoms with Crippen molar-refractivity contribution in [3.8, 4) is 0 Å². The first kappa shape index (κ1) is 19.4. The topological polar surface area (TPSA) is 52.3 Å². The Morgan fingerprint density at radius 3 is 2.59 bits per heavy atom. The Balaban J connectivity index is 2.30. The number of hydrogen-bond acceptors (Lipinski definition) is 2. The van der Waals surface area contributed by atoms with Gasteiger partial charge in [0.1, 0.15) is 6.10 Å². The molecule has 0 bridgehead atoms. The maximum atomic E-state index is 12.2. The summed E-state index contributed by atoms with van der Waals surface area (Å²) in [6.07, 6.45) is 7.57. The molecule has 3 heteroatoms. The lowest BCUT2D eigenvalue weighted by molar-refractivity contribution is -0.114. The molecule has 0 saturated carbocycles. The molecule has 0 fully saturated rings. The number of carbonyl (C=O) groups is 1. The molecule has 1 unspecified atom stereocenters. The molecule has 3 nitrogen and oxygen atoms in total. The van der Waals surface area contributed by atoms with Gasteiger partial charge in [-0.15, -0.1) is 0 Å². The third kappa shape index (κ3) is 3.44. The lowest BCUT2D eigenvalue weighted by atomic mass is 9.78. The van der Waals surface area contributed by atoms with Gasteiger partial charge in [0.2, 0.25) is 5.91 Å². The van der Waals surface area contributed by atoms with Crippen molar-refractivity contribution in [1.82, 2.24) is 0 Å². The third-order valence-electron chi connectivity index (χ3n) is 5.53. The Morgan fingerprint density at radius 2 is 2.04 bits per heavy atom. The number of rotatable bonds is 4. The summed E-state index contributed by atoms with van der Waals surface area (Å²) in [5.41, 5.74) is 14.0. The number of ether oxygens (including phenoxy) is 1. The summed E-state index contributed by atoms with van der Waals surface area (Å²) >= 11 is 0.